The van der Waals surface area contributed by atoms with Gasteiger partial charge in [0.05, 0.1) is 13.2 Å². The van der Waals surface area contributed by atoms with Crippen molar-refractivity contribution in [3.8, 4) is 0 Å². The lowest BCUT2D eigenvalue weighted by atomic mass is 10.0. The van der Waals surface area contributed by atoms with Gasteiger partial charge >= 0.3 is 5.97 Å². The summed E-state index contributed by atoms with van der Waals surface area (Å²) in [6, 6.07) is 9.87. The normalized spacial score (nSPS) is 28.6. The van der Waals surface area contributed by atoms with Crippen LogP contribution in [0.25, 0.3) is 0 Å². The Kier molecular flexibility index (Phi) is 6.96. The summed E-state index contributed by atoms with van der Waals surface area (Å²) in [5.74, 6) is 1.01. The Balaban J connectivity index is 0.000000701. The third-order valence-electron chi connectivity index (χ3n) is 5.49. The molecule has 6 nitrogen and oxygen atoms in total. The number of aliphatic hydroxyl groups excluding tert-OH is 1. The Morgan fingerprint density at radius 3 is 2.20 bits per heavy atom. The van der Waals surface area contributed by atoms with Gasteiger partial charge in [0.25, 0.3) is 6.47 Å². The van der Waals surface area contributed by atoms with Crippen LogP contribution in [0.2, 0.25) is 0 Å². The van der Waals surface area contributed by atoms with E-state index in [9.17, 15) is 9.90 Å². The zero-order valence-corrected chi connectivity index (χ0v) is 14.7. The van der Waals surface area contributed by atoms with Crippen molar-refractivity contribution in [1.82, 2.24) is 4.90 Å². The number of methoxy groups -OCH3 is 1. The first-order valence-electron chi connectivity index (χ1n) is 8.62. The molecule has 0 heterocycles. The lowest BCUT2D eigenvalue weighted by molar-refractivity contribution is -0.147. The van der Waals surface area contributed by atoms with E-state index >= 15 is 0 Å². The molecule has 25 heavy (non-hydrogen) atoms. The number of likely N-dealkylation sites (N-methyl/N-ethyl adjacent to an activating group) is 1. The number of aliphatic hydroxyl groups is 1. The zero-order chi connectivity index (χ0) is 18.4. The highest BCUT2D eigenvalue weighted by Gasteiger charge is 2.44. The molecule has 0 radical (unpaired) electrons. The molecule has 2 fully saturated rings. The minimum Gasteiger partial charge on any atom is -0.483 e. The number of carbonyl (C=O) groups is 2. The van der Waals surface area contributed by atoms with E-state index in [0.29, 0.717) is 17.9 Å². The van der Waals surface area contributed by atoms with Crippen LogP contribution < -0.4 is 0 Å². The van der Waals surface area contributed by atoms with E-state index in [1.807, 2.05) is 37.4 Å². The Hall–Kier alpha value is -1.92. The fourth-order valence-corrected chi connectivity index (χ4v) is 4.38. The number of carbonyl (C=O) groups excluding carboxylic acids is 1. The predicted molar refractivity (Wildman–Crippen MR) is 92.9 cm³/mol. The van der Waals surface area contributed by atoms with Crippen molar-refractivity contribution in [2.75, 3.05) is 14.2 Å². The average Bonchev–Trinajstić information content (AvgIpc) is 3.14. The highest BCUT2D eigenvalue weighted by molar-refractivity contribution is 5.77. The minimum absolute atomic E-state index is 0.119. The van der Waals surface area contributed by atoms with Crippen LogP contribution >= 0.6 is 0 Å². The molecule has 138 valence electrons. The fraction of sp³-hybridized carbons (Fsp3) is 0.579. The summed E-state index contributed by atoms with van der Waals surface area (Å²) in [6.07, 6.45) is 3.86. The number of ether oxygens (including phenoxy) is 1. The van der Waals surface area contributed by atoms with E-state index in [1.54, 1.807) is 0 Å². The van der Waals surface area contributed by atoms with Crippen LogP contribution in [-0.2, 0) is 14.3 Å². The Morgan fingerprint density at radius 2 is 1.72 bits per heavy atom. The molecule has 2 saturated carbocycles. The number of rotatable bonds is 4. The smallest absolute Gasteiger partial charge is 0.327 e. The SMILES string of the molecule is COC(=O)C(c1ccccc1)N(C)C1C[C@H]2CC(O)C[C@H]2C1.O=CO. The van der Waals surface area contributed by atoms with Crippen molar-refractivity contribution in [1.29, 1.82) is 0 Å². The van der Waals surface area contributed by atoms with E-state index in [1.165, 1.54) is 7.11 Å². The maximum Gasteiger partial charge on any atom is 0.327 e. The topological polar surface area (TPSA) is 87.1 Å². The Labute approximate surface area is 148 Å². The predicted octanol–water partition coefficient (Wildman–Crippen LogP) is 2.08. The van der Waals surface area contributed by atoms with Gasteiger partial charge in [-0.05, 0) is 50.1 Å². The largest absolute Gasteiger partial charge is 0.483 e. The summed E-state index contributed by atoms with van der Waals surface area (Å²) < 4.78 is 5.04. The van der Waals surface area contributed by atoms with Crippen molar-refractivity contribution < 1.29 is 24.5 Å². The van der Waals surface area contributed by atoms with E-state index in [-0.39, 0.29) is 24.6 Å². The number of fused-ring (bicyclic) bond motifs is 1. The molecule has 0 bridgehead atoms. The third kappa shape index (κ3) is 4.58. The second-order valence-corrected chi connectivity index (χ2v) is 6.88. The van der Waals surface area contributed by atoms with Crippen LogP contribution in [0.3, 0.4) is 0 Å². The van der Waals surface area contributed by atoms with Gasteiger partial charge in [0.2, 0.25) is 0 Å². The summed E-state index contributed by atoms with van der Waals surface area (Å²) in [4.78, 5) is 22.8. The molecule has 1 aromatic rings. The highest BCUT2D eigenvalue weighted by atomic mass is 16.5. The molecule has 0 saturated heterocycles. The van der Waals surface area contributed by atoms with Gasteiger partial charge in [0.15, 0.2) is 0 Å². The maximum absolute atomic E-state index is 12.3. The first-order valence-corrected chi connectivity index (χ1v) is 8.62. The van der Waals surface area contributed by atoms with E-state index in [4.69, 9.17) is 14.6 Å². The quantitative estimate of drug-likeness (QED) is 0.639. The molecule has 2 aliphatic rings. The summed E-state index contributed by atoms with van der Waals surface area (Å²) >= 11 is 0. The van der Waals surface area contributed by atoms with Gasteiger partial charge in [0.1, 0.15) is 6.04 Å². The lowest BCUT2D eigenvalue weighted by Gasteiger charge is -2.32. The number of hydrogen-bond donors (Lipinski definition) is 2. The van der Waals surface area contributed by atoms with Gasteiger partial charge in [0, 0.05) is 6.04 Å². The second-order valence-electron chi connectivity index (χ2n) is 6.88. The number of nitrogens with zero attached hydrogens (tertiary/aromatic N) is 1. The second kappa shape index (κ2) is 8.97. The standard InChI is InChI=1S/C18H25NO3.CH2O2/c1-19(15-8-13-10-16(20)11-14(13)9-15)17(18(21)22-2)12-6-4-3-5-7-12;2-1-3/h3-7,13-17,20H,8-11H2,1-2H3;1H,(H,2,3)/t13-,14+,15?,16?,17?;. The van der Waals surface area contributed by atoms with Crippen molar-refractivity contribution >= 4 is 12.4 Å². The van der Waals surface area contributed by atoms with Crippen LogP contribution in [0.4, 0.5) is 0 Å². The average molecular weight is 349 g/mol. The van der Waals surface area contributed by atoms with Gasteiger partial charge in [-0.1, -0.05) is 30.3 Å². The molecule has 2 aliphatic carbocycles. The molecule has 0 aromatic heterocycles. The molecule has 2 N–H and O–H groups in total. The zero-order valence-electron chi connectivity index (χ0n) is 14.7. The fourth-order valence-electron chi connectivity index (χ4n) is 4.38. The van der Waals surface area contributed by atoms with E-state index < -0.39 is 0 Å². The van der Waals surface area contributed by atoms with Gasteiger partial charge in [-0.2, -0.15) is 0 Å². The molecule has 1 aromatic carbocycles. The van der Waals surface area contributed by atoms with Crippen LogP contribution in [0.5, 0.6) is 0 Å². The van der Waals surface area contributed by atoms with Crippen molar-refractivity contribution in [3.63, 3.8) is 0 Å². The van der Waals surface area contributed by atoms with Crippen LogP contribution in [0.1, 0.15) is 37.3 Å². The lowest BCUT2D eigenvalue weighted by Crippen LogP contribution is -2.38. The van der Waals surface area contributed by atoms with Crippen LogP contribution in [-0.4, -0.2) is 53.9 Å². The van der Waals surface area contributed by atoms with Gasteiger partial charge in [-0.3, -0.25) is 9.69 Å². The Bertz CT molecular complexity index is 550. The summed E-state index contributed by atoms with van der Waals surface area (Å²) in [6.45, 7) is -0.250. The van der Waals surface area contributed by atoms with Crippen molar-refractivity contribution in [2.24, 2.45) is 11.8 Å². The van der Waals surface area contributed by atoms with Gasteiger partial charge < -0.3 is 14.9 Å². The molecule has 3 rings (SSSR count). The number of esters is 1. The number of benzene rings is 1. The summed E-state index contributed by atoms with van der Waals surface area (Å²) in [7, 11) is 3.47. The molecular formula is C19H27NO5. The molecule has 0 spiro atoms. The minimum atomic E-state index is -0.347. The summed E-state index contributed by atoms with van der Waals surface area (Å²) in [5, 5.41) is 16.7. The summed E-state index contributed by atoms with van der Waals surface area (Å²) in [5.41, 5.74) is 0.981. The Morgan fingerprint density at radius 1 is 1.20 bits per heavy atom. The van der Waals surface area contributed by atoms with E-state index in [0.717, 1.165) is 31.2 Å². The molecule has 0 amide bonds. The molecular weight excluding hydrogens is 322 g/mol. The molecule has 0 aliphatic heterocycles. The molecule has 5 atom stereocenters. The van der Waals surface area contributed by atoms with Crippen LogP contribution in [0, 0.1) is 11.8 Å². The number of carboxylic acid groups (broad SMARTS) is 1. The first kappa shape index (κ1) is 19.4. The molecule has 3 unspecified atom stereocenters. The van der Waals surface area contributed by atoms with Crippen molar-refractivity contribution in [2.45, 2.75) is 43.9 Å². The highest BCUT2D eigenvalue weighted by Crippen LogP contribution is 2.46. The third-order valence-corrected chi connectivity index (χ3v) is 5.49. The van der Waals surface area contributed by atoms with Crippen LogP contribution in [0.15, 0.2) is 30.3 Å². The molecule has 6 heteroatoms. The van der Waals surface area contributed by atoms with E-state index in [2.05, 4.69) is 4.90 Å². The number of hydrogen-bond acceptors (Lipinski definition) is 5. The monoisotopic (exact) mass is 349 g/mol. The maximum atomic E-state index is 12.3. The first-order chi connectivity index (χ1) is 12.0. The van der Waals surface area contributed by atoms with Gasteiger partial charge in [-0.15, -0.1) is 0 Å². The van der Waals surface area contributed by atoms with Gasteiger partial charge in [-0.25, -0.2) is 4.79 Å². The van der Waals surface area contributed by atoms with Crippen molar-refractivity contribution in [3.05, 3.63) is 35.9 Å².